The number of nitrogens with one attached hydrogen (secondary N) is 1. The Morgan fingerprint density at radius 1 is 1.19 bits per heavy atom. The summed E-state index contributed by atoms with van der Waals surface area (Å²) < 4.78 is 24.1. The van der Waals surface area contributed by atoms with E-state index < -0.39 is 6.10 Å². The van der Waals surface area contributed by atoms with Crippen LogP contribution < -0.4 is 10.1 Å². The highest BCUT2D eigenvalue weighted by molar-refractivity contribution is 5.69. The average Bonchev–Trinajstić information content (AvgIpc) is 3.64. The second kappa shape index (κ2) is 9.61. The van der Waals surface area contributed by atoms with E-state index in [2.05, 4.69) is 43.5 Å². The van der Waals surface area contributed by atoms with Crippen molar-refractivity contribution >= 4 is 5.65 Å². The Morgan fingerprint density at radius 3 is 2.84 bits per heavy atom. The molecule has 6 heterocycles. The molecule has 0 saturated carbocycles. The molecule has 0 bridgehead atoms. The van der Waals surface area contributed by atoms with Gasteiger partial charge in [-0.05, 0) is 57.9 Å². The fourth-order valence-corrected chi connectivity index (χ4v) is 5.42. The summed E-state index contributed by atoms with van der Waals surface area (Å²) in [6, 6.07) is 7.64. The predicted octanol–water partition coefficient (Wildman–Crippen LogP) is 3.73. The molecule has 0 radical (unpaired) electrons. The Balaban J connectivity index is 1.39. The topological polar surface area (TPSA) is 72.5 Å². The van der Waals surface area contributed by atoms with Gasteiger partial charge in [0.15, 0.2) is 0 Å². The van der Waals surface area contributed by atoms with Crippen molar-refractivity contribution in [2.75, 3.05) is 19.6 Å². The van der Waals surface area contributed by atoms with Crippen LogP contribution in [-0.2, 0) is 13.1 Å². The summed E-state index contributed by atoms with van der Waals surface area (Å²) in [6.45, 7) is 10.8. The van der Waals surface area contributed by atoms with Crippen molar-refractivity contribution in [3.8, 4) is 29.0 Å². The molecule has 9 heteroatoms. The number of aromatic nitrogens is 5. The highest BCUT2D eigenvalue weighted by atomic mass is 19.1. The van der Waals surface area contributed by atoms with Gasteiger partial charge in [-0.2, -0.15) is 0 Å². The van der Waals surface area contributed by atoms with E-state index in [9.17, 15) is 4.39 Å². The van der Waals surface area contributed by atoms with E-state index in [-0.39, 0.29) is 5.82 Å². The van der Waals surface area contributed by atoms with Crippen LogP contribution in [0.25, 0.3) is 16.9 Å². The molecule has 2 unspecified atom stereocenters. The highest BCUT2D eigenvalue weighted by Gasteiger charge is 2.29. The molecule has 2 atom stereocenters. The number of rotatable bonds is 5. The zero-order chi connectivity index (χ0) is 25.5. The summed E-state index contributed by atoms with van der Waals surface area (Å²) in [7, 11) is 0. The molecular formula is C28H30FN7O. The number of hydrogen-bond donors (Lipinski definition) is 1. The molecule has 2 aliphatic heterocycles. The number of hydrogen-bond acceptors (Lipinski definition) is 6. The smallest absolute Gasteiger partial charge is 0.201 e. The second-order valence-corrected chi connectivity index (χ2v) is 9.69. The average molecular weight is 500 g/mol. The third-order valence-corrected chi connectivity index (χ3v) is 7.37. The minimum atomic E-state index is -0.409. The summed E-state index contributed by atoms with van der Waals surface area (Å²) in [6.07, 6.45) is 3.74. The van der Waals surface area contributed by atoms with Crippen LogP contribution in [0.5, 0.6) is 5.88 Å². The molecule has 8 nitrogen and oxygen atoms in total. The van der Waals surface area contributed by atoms with Crippen LogP contribution in [0.4, 0.5) is 4.39 Å². The van der Waals surface area contributed by atoms with Gasteiger partial charge in [-0.3, -0.25) is 14.3 Å². The van der Waals surface area contributed by atoms with E-state index in [4.69, 9.17) is 9.72 Å². The van der Waals surface area contributed by atoms with E-state index in [0.29, 0.717) is 17.6 Å². The fraction of sp³-hybridized carbons (Fsp3) is 0.393. The fourth-order valence-electron chi connectivity index (χ4n) is 5.42. The molecule has 0 spiro atoms. The van der Waals surface area contributed by atoms with Crippen molar-refractivity contribution in [1.82, 2.24) is 34.1 Å². The quantitative estimate of drug-likeness (QED) is 0.422. The maximum absolute atomic E-state index is 13.4. The largest absolute Gasteiger partial charge is 0.469 e. The molecule has 0 aromatic carbocycles. The number of halogens is 1. The van der Waals surface area contributed by atoms with Crippen molar-refractivity contribution < 1.29 is 9.13 Å². The van der Waals surface area contributed by atoms with Gasteiger partial charge in [-0.15, -0.1) is 0 Å². The first-order valence-electron chi connectivity index (χ1n) is 12.8. The van der Waals surface area contributed by atoms with Gasteiger partial charge < -0.3 is 14.6 Å². The number of ether oxygens (including phenoxy) is 1. The molecule has 6 rings (SSSR count). The zero-order valence-corrected chi connectivity index (χ0v) is 21.3. The lowest BCUT2D eigenvalue weighted by Crippen LogP contribution is -2.42. The van der Waals surface area contributed by atoms with Crippen LogP contribution in [-0.4, -0.2) is 54.5 Å². The van der Waals surface area contributed by atoms with Crippen molar-refractivity contribution in [3.05, 3.63) is 65.4 Å². The van der Waals surface area contributed by atoms with E-state index in [1.807, 2.05) is 23.5 Å². The summed E-state index contributed by atoms with van der Waals surface area (Å²) in [5.74, 6) is 7.37. The van der Waals surface area contributed by atoms with Crippen LogP contribution in [0.2, 0.25) is 0 Å². The van der Waals surface area contributed by atoms with Crippen LogP contribution in [0.15, 0.2) is 36.7 Å². The maximum Gasteiger partial charge on any atom is 0.201 e. The molecule has 1 saturated heterocycles. The third-order valence-electron chi connectivity index (χ3n) is 7.37. The first-order chi connectivity index (χ1) is 18.0. The van der Waals surface area contributed by atoms with Crippen LogP contribution >= 0.6 is 0 Å². The molecule has 1 fully saturated rings. The van der Waals surface area contributed by atoms with E-state index in [1.165, 1.54) is 18.7 Å². The normalized spacial score (nSPS) is 18.4. The van der Waals surface area contributed by atoms with E-state index in [0.717, 1.165) is 66.8 Å². The predicted molar refractivity (Wildman–Crippen MR) is 139 cm³/mol. The minimum Gasteiger partial charge on any atom is -0.469 e. The minimum absolute atomic E-state index is 0.377. The van der Waals surface area contributed by atoms with Crippen molar-refractivity contribution in [2.45, 2.75) is 52.4 Å². The first-order valence-corrected chi connectivity index (χ1v) is 12.8. The van der Waals surface area contributed by atoms with Crippen molar-refractivity contribution in [2.24, 2.45) is 0 Å². The van der Waals surface area contributed by atoms with Crippen LogP contribution in [0, 0.1) is 24.6 Å². The lowest BCUT2D eigenvalue weighted by atomic mass is 10.1. The van der Waals surface area contributed by atoms with Gasteiger partial charge in [0.25, 0.3) is 0 Å². The monoisotopic (exact) mass is 499 g/mol. The van der Waals surface area contributed by atoms with E-state index in [1.54, 1.807) is 19.2 Å². The van der Waals surface area contributed by atoms with Crippen LogP contribution in [0.3, 0.4) is 0 Å². The van der Waals surface area contributed by atoms with Crippen LogP contribution in [0.1, 0.15) is 49.3 Å². The van der Waals surface area contributed by atoms with Gasteiger partial charge in [0.2, 0.25) is 5.88 Å². The molecule has 1 N–H and O–H groups in total. The van der Waals surface area contributed by atoms with Gasteiger partial charge in [-0.25, -0.2) is 14.4 Å². The maximum atomic E-state index is 13.4. The lowest BCUT2D eigenvalue weighted by molar-refractivity contribution is 0.161. The molecule has 37 heavy (non-hydrogen) atoms. The van der Waals surface area contributed by atoms with Gasteiger partial charge in [0.1, 0.15) is 29.1 Å². The highest BCUT2D eigenvalue weighted by Crippen LogP contribution is 2.33. The molecular weight excluding hydrogens is 469 g/mol. The summed E-state index contributed by atoms with van der Waals surface area (Å²) in [5.41, 5.74) is 5.12. The number of fused-ring (bicyclic) bond motifs is 2. The summed E-state index contributed by atoms with van der Waals surface area (Å²) >= 11 is 0. The lowest BCUT2D eigenvalue weighted by Gasteiger charge is -2.32. The molecule has 4 aromatic heterocycles. The SMILES string of the molecule is CC#Cc1cnc2cc(-c3nc4n(c3C)CCN(C3CCNC3)C4)cc(OC(C)c3ccc(F)cn3)n12. The Morgan fingerprint density at radius 2 is 2.08 bits per heavy atom. The first kappa shape index (κ1) is 23.6. The number of pyridine rings is 2. The third kappa shape index (κ3) is 4.37. The Bertz CT molecular complexity index is 1510. The Labute approximate surface area is 215 Å². The second-order valence-electron chi connectivity index (χ2n) is 9.69. The molecule has 0 aliphatic carbocycles. The van der Waals surface area contributed by atoms with Crippen molar-refractivity contribution in [1.29, 1.82) is 0 Å². The summed E-state index contributed by atoms with van der Waals surface area (Å²) in [4.78, 5) is 16.5. The molecule has 4 aromatic rings. The Hall–Kier alpha value is -3.74. The molecule has 2 aliphatic rings. The van der Waals surface area contributed by atoms with Crippen molar-refractivity contribution in [3.63, 3.8) is 0 Å². The van der Waals surface area contributed by atoms with Gasteiger partial charge in [-0.1, -0.05) is 5.92 Å². The number of nitrogens with zero attached hydrogens (tertiary/aromatic N) is 6. The van der Waals surface area contributed by atoms with Gasteiger partial charge >= 0.3 is 0 Å². The molecule has 0 amide bonds. The summed E-state index contributed by atoms with van der Waals surface area (Å²) in [5, 5.41) is 3.48. The Kier molecular flexibility index (Phi) is 6.14. The van der Waals surface area contributed by atoms with Gasteiger partial charge in [0.05, 0.1) is 30.3 Å². The molecule has 190 valence electrons. The zero-order valence-electron chi connectivity index (χ0n) is 21.3. The van der Waals surface area contributed by atoms with Gasteiger partial charge in [0, 0.05) is 43.0 Å². The van der Waals surface area contributed by atoms with E-state index >= 15 is 0 Å². The standard InChI is InChI=1S/C28H30FN7O/c1-4-5-23-16-32-25-12-20(13-27(36(23)25)37-19(3)24-7-6-21(29)14-31-24)28-18(2)35-11-10-34(17-26(35)33-28)22-8-9-30-15-22/h6-7,12-14,16,19,22,30H,8-11,15,17H2,1-3H3. The number of imidazole rings is 2.